The summed E-state index contributed by atoms with van der Waals surface area (Å²) < 4.78 is 0. The molecule has 294 valence electrons. The molecule has 4 saturated heterocycles. The van der Waals surface area contributed by atoms with Gasteiger partial charge in [-0.05, 0) is 97.5 Å². The van der Waals surface area contributed by atoms with Crippen LogP contribution in [0.1, 0.15) is 81.8 Å². The van der Waals surface area contributed by atoms with Crippen LogP contribution in [0.3, 0.4) is 0 Å². The Hall–Kier alpha value is -5.38. The third kappa shape index (κ3) is 7.23. The fourth-order valence-electron chi connectivity index (χ4n) is 9.71. The maximum atomic E-state index is 13.5. The molecule has 0 spiro atoms. The van der Waals surface area contributed by atoms with Gasteiger partial charge in [-0.1, -0.05) is 23.7 Å². The molecule has 4 amide bonds. The van der Waals surface area contributed by atoms with Crippen LogP contribution in [0.25, 0.3) is 10.9 Å². The van der Waals surface area contributed by atoms with Crippen LogP contribution in [0.15, 0.2) is 60.8 Å². The third-order valence-corrected chi connectivity index (χ3v) is 13.3. The summed E-state index contributed by atoms with van der Waals surface area (Å²) in [7, 11) is 0. The fraction of sp³-hybridized carbons (Fsp3) is 0.432. The van der Waals surface area contributed by atoms with E-state index in [4.69, 9.17) is 11.6 Å². The third-order valence-electron chi connectivity index (χ3n) is 13.0. The zero-order valence-electron chi connectivity index (χ0n) is 32.0. The molecule has 1 aromatic heterocycles. The smallest absolute Gasteiger partial charge is 0.255 e. The molecular formula is C44H47ClN8O4. The lowest BCUT2D eigenvalue weighted by atomic mass is 9.88. The van der Waals surface area contributed by atoms with Gasteiger partial charge in [-0.15, -0.1) is 0 Å². The Morgan fingerprint density at radius 3 is 2.32 bits per heavy atom. The molecule has 57 heavy (non-hydrogen) atoms. The molecule has 4 aromatic rings. The number of hydrogen-bond donors (Lipinski definition) is 2. The van der Waals surface area contributed by atoms with Crippen LogP contribution >= 0.6 is 11.6 Å². The summed E-state index contributed by atoms with van der Waals surface area (Å²) in [5.74, 6) is 0.306. The number of H-pyrrole nitrogens is 1. The highest BCUT2D eigenvalue weighted by molar-refractivity contribution is 6.36. The van der Waals surface area contributed by atoms with Gasteiger partial charge in [-0.2, -0.15) is 5.26 Å². The second kappa shape index (κ2) is 15.5. The maximum absolute atomic E-state index is 13.5. The zero-order valence-corrected chi connectivity index (χ0v) is 32.8. The van der Waals surface area contributed by atoms with Gasteiger partial charge in [0.25, 0.3) is 11.8 Å². The molecule has 0 aliphatic carbocycles. The Morgan fingerprint density at radius 2 is 1.60 bits per heavy atom. The summed E-state index contributed by atoms with van der Waals surface area (Å²) in [6, 6.07) is 19.8. The van der Waals surface area contributed by atoms with E-state index in [9.17, 15) is 24.4 Å². The van der Waals surface area contributed by atoms with Gasteiger partial charge >= 0.3 is 0 Å². The first kappa shape index (κ1) is 37.2. The molecule has 0 saturated carbocycles. The summed E-state index contributed by atoms with van der Waals surface area (Å²) in [6.45, 7) is 8.52. The van der Waals surface area contributed by atoms with Crippen molar-refractivity contribution >= 4 is 57.5 Å². The summed E-state index contributed by atoms with van der Waals surface area (Å²) in [5, 5.41) is 13.3. The lowest BCUT2D eigenvalue weighted by Gasteiger charge is -2.39. The van der Waals surface area contributed by atoms with Crippen molar-refractivity contribution in [2.24, 2.45) is 5.92 Å². The largest absolute Gasteiger partial charge is 0.370 e. The van der Waals surface area contributed by atoms with Gasteiger partial charge in [0.2, 0.25) is 11.8 Å². The Labute approximate surface area is 337 Å². The van der Waals surface area contributed by atoms with Gasteiger partial charge < -0.3 is 24.6 Å². The number of rotatable bonds is 7. The molecule has 4 fully saturated rings. The summed E-state index contributed by atoms with van der Waals surface area (Å²) >= 11 is 6.44. The van der Waals surface area contributed by atoms with E-state index >= 15 is 0 Å². The van der Waals surface area contributed by atoms with Gasteiger partial charge in [0, 0.05) is 100 Å². The Kier molecular flexibility index (Phi) is 10.1. The molecule has 0 radical (unpaired) electrons. The molecule has 5 aliphatic heterocycles. The van der Waals surface area contributed by atoms with E-state index in [1.807, 2.05) is 41.3 Å². The van der Waals surface area contributed by atoms with Gasteiger partial charge in [0.15, 0.2) is 0 Å². The molecule has 2 N–H and O–H groups in total. The number of fused-ring (bicyclic) bond motifs is 2. The normalized spacial score (nSPS) is 21.3. The number of hydrogen-bond acceptors (Lipinski definition) is 8. The topological polar surface area (TPSA) is 136 Å². The number of nitrogens with zero attached hydrogens (tertiary/aromatic N) is 6. The Bertz CT molecular complexity index is 2260. The van der Waals surface area contributed by atoms with E-state index in [0.29, 0.717) is 41.0 Å². The molecule has 5 aliphatic rings. The highest BCUT2D eigenvalue weighted by Crippen LogP contribution is 2.38. The van der Waals surface area contributed by atoms with E-state index in [2.05, 4.69) is 49.3 Å². The first-order valence-electron chi connectivity index (χ1n) is 20.3. The molecule has 1 unspecified atom stereocenters. The molecule has 0 bridgehead atoms. The number of nitriles is 1. The van der Waals surface area contributed by atoms with E-state index in [1.54, 1.807) is 11.1 Å². The van der Waals surface area contributed by atoms with E-state index < -0.39 is 6.04 Å². The zero-order chi connectivity index (χ0) is 39.2. The number of aromatic amines is 1. The van der Waals surface area contributed by atoms with Gasteiger partial charge in [-0.3, -0.25) is 29.4 Å². The number of nitrogens with one attached hydrogen (secondary N) is 2. The first-order valence-corrected chi connectivity index (χ1v) is 20.7. The van der Waals surface area contributed by atoms with Crippen LogP contribution < -0.4 is 15.1 Å². The van der Waals surface area contributed by atoms with Crippen molar-refractivity contribution in [2.45, 2.75) is 57.0 Å². The van der Waals surface area contributed by atoms with Crippen LogP contribution in [0, 0.1) is 17.2 Å². The number of amides is 4. The quantitative estimate of drug-likeness (QED) is 0.234. The molecule has 12 nitrogen and oxygen atoms in total. The van der Waals surface area contributed by atoms with E-state index in [1.165, 1.54) is 5.56 Å². The SMILES string of the molecule is N#Cc1c[nH]c2c(N3CCC(c4ccc(C(=O)N5CCC(CN6CCN(c7ccc8c(c7)CN(C7CCC(=O)NC7=O)C8=O)CC6)CC5)cc4)CC3)ccc(Cl)c12. The van der Waals surface area contributed by atoms with Crippen LogP contribution in [-0.2, 0) is 16.1 Å². The van der Waals surface area contributed by atoms with Crippen LogP contribution in [-0.4, -0.2) is 108 Å². The van der Waals surface area contributed by atoms with Crippen molar-refractivity contribution in [3.8, 4) is 6.07 Å². The van der Waals surface area contributed by atoms with E-state index in [0.717, 1.165) is 118 Å². The lowest BCUT2D eigenvalue weighted by molar-refractivity contribution is -0.136. The molecule has 9 rings (SSSR count). The summed E-state index contributed by atoms with van der Waals surface area (Å²) in [6.07, 6.45) is 6.37. The van der Waals surface area contributed by atoms with Crippen LogP contribution in [0.2, 0.25) is 5.02 Å². The second-order valence-corrected chi connectivity index (χ2v) is 16.7. The maximum Gasteiger partial charge on any atom is 0.255 e. The van der Waals surface area contributed by atoms with Gasteiger partial charge in [0.1, 0.15) is 12.1 Å². The molecule has 3 aromatic carbocycles. The number of anilines is 2. The average molecular weight is 787 g/mol. The van der Waals surface area contributed by atoms with E-state index in [-0.39, 0.29) is 30.0 Å². The van der Waals surface area contributed by atoms with Gasteiger partial charge in [0.05, 0.1) is 21.8 Å². The number of carbonyl (C=O) groups is 4. The highest BCUT2D eigenvalue weighted by Gasteiger charge is 2.39. The van der Waals surface area contributed by atoms with Crippen LogP contribution in [0.4, 0.5) is 11.4 Å². The number of piperidine rings is 3. The predicted molar refractivity (Wildman–Crippen MR) is 218 cm³/mol. The van der Waals surface area contributed by atoms with Crippen LogP contribution in [0.5, 0.6) is 0 Å². The second-order valence-electron chi connectivity index (χ2n) is 16.3. The first-order chi connectivity index (χ1) is 27.7. The number of carbonyl (C=O) groups excluding carboxylic acids is 4. The van der Waals surface area contributed by atoms with Gasteiger partial charge in [-0.25, -0.2) is 0 Å². The summed E-state index contributed by atoms with van der Waals surface area (Å²) in [4.78, 5) is 64.9. The van der Waals surface area contributed by atoms with Crippen molar-refractivity contribution in [2.75, 3.05) is 68.7 Å². The number of imide groups is 1. The minimum atomic E-state index is -0.603. The molecule has 6 heterocycles. The lowest BCUT2D eigenvalue weighted by Crippen LogP contribution is -2.52. The summed E-state index contributed by atoms with van der Waals surface area (Å²) in [5.41, 5.74) is 7.27. The molecule has 13 heteroatoms. The van der Waals surface area contributed by atoms with Crippen molar-refractivity contribution < 1.29 is 19.2 Å². The highest BCUT2D eigenvalue weighted by atomic mass is 35.5. The van der Waals surface area contributed by atoms with Crippen molar-refractivity contribution in [3.63, 3.8) is 0 Å². The fourth-order valence-corrected chi connectivity index (χ4v) is 9.97. The Balaban J connectivity index is 0.720. The molecular weight excluding hydrogens is 740 g/mol. The van der Waals surface area contributed by atoms with Crippen molar-refractivity contribution in [3.05, 3.63) is 93.6 Å². The average Bonchev–Trinajstić information content (AvgIpc) is 3.83. The standard InChI is InChI=1S/C44H47ClN8O4/c45-36-7-8-37(41-40(36)33(24-46)25-47-41)51-17-13-30(14-18-51)29-1-3-31(4-2-29)43(56)52-15-11-28(12-16-52)26-49-19-21-50(22-20-49)34-5-6-35-32(23-34)27-53(44(35)57)38-9-10-39(54)48-42(38)55/h1-8,23,25,28,30,38,47H,9-22,26-27H2,(H,48,54,55). The minimum Gasteiger partial charge on any atom is -0.370 e. The number of benzene rings is 3. The number of likely N-dealkylation sites (tertiary alicyclic amines) is 1. The molecule has 1 atom stereocenters. The number of halogens is 1. The minimum absolute atomic E-state index is 0.120. The van der Waals surface area contributed by atoms with Crippen molar-refractivity contribution in [1.29, 1.82) is 5.26 Å². The number of aromatic nitrogens is 1. The predicted octanol–water partition coefficient (Wildman–Crippen LogP) is 5.51. The Morgan fingerprint density at radius 1 is 0.842 bits per heavy atom. The number of piperazine rings is 1. The monoisotopic (exact) mass is 786 g/mol. The van der Waals surface area contributed by atoms with Crippen molar-refractivity contribution in [1.82, 2.24) is 25.0 Å².